The maximum atomic E-state index is 11.1. The number of allylic oxidation sites excluding steroid dienone is 1. The van der Waals surface area contributed by atoms with E-state index >= 15 is 0 Å². The molecule has 5 rings (SSSR count). The zero-order chi connectivity index (χ0) is 18.4. The van der Waals surface area contributed by atoms with E-state index in [1.165, 1.54) is 5.57 Å². The molecule has 0 atom stereocenters. The van der Waals surface area contributed by atoms with Gasteiger partial charge in [0.05, 0.1) is 0 Å². The number of H-pyrrole nitrogens is 1. The summed E-state index contributed by atoms with van der Waals surface area (Å²) in [7, 11) is 0. The number of hydrogen-bond acceptors (Lipinski definition) is 5. The van der Waals surface area contributed by atoms with Gasteiger partial charge in [-0.05, 0) is 54.8 Å². The number of anilines is 1. The van der Waals surface area contributed by atoms with Gasteiger partial charge in [0.15, 0.2) is 17.4 Å². The van der Waals surface area contributed by atoms with Gasteiger partial charge in [0, 0.05) is 22.7 Å². The Bertz CT molecular complexity index is 1090. The summed E-state index contributed by atoms with van der Waals surface area (Å²) in [5.41, 5.74) is 2.97. The van der Waals surface area contributed by atoms with Crippen molar-refractivity contribution in [3.8, 4) is 17.2 Å². The Morgan fingerprint density at radius 1 is 1.07 bits per heavy atom. The third-order valence-electron chi connectivity index (χ3n) is 4.49. The third-order valence-corrected chi connectivity index (χ3v) is 4.49. The summed E-state index contributed by atoms with van der Waals surface area (Å²) in [5, 5.41) is 13.3. The molecule has 136 valence electrons. The van der Waals surface area contributed by atoms with Gasteiger partial charge in [-0.25, -0.2) is 4.79 Å². The normalized spacial score (nSPS) is 14.3. The number of aromatic amines is 1. The molecule has 0 spiro atoms. The van der Waals surface area contributed by atoms with Crippen molar-refractivity contribution in [2.24, 2.45) is 0 Å². The summed E-state index contributed by atoms with van der Waals surface area (Å²) in [6, 6.07) is 12.7. The van der Waals surface area contributed by atoms with Crippen LogP contribution < -0.4 is 19.5 Å². The van der Waals surface area contributed by atoms with Crippen molar-refractivity contribution in [3.05, 3.63) is 59.6 Å². The van der Waals surface area contributed by atoms with Crippen molar-refractivity contribution >= 4 is 22.6 Å². The molecule has 0 radical (unpaired) electrons. The summed E-state index contributed by atoms with van der Waals surface area (Å²) >= 11 is 0. The molecule has 0 unspecified atom stereocenters. The van der Waals surface area contributed by atoms with E-state index in [1.54, 1.807) is 12.1 Å². The zero-order valence-electron chi connectivity index (χ0n) is 14.2. The van der Waals surface area contributed by atoms with Crippen LogP contribution in [0.25, 0.3) is 10.9 Å². The number of fused-ring (bicyclic) bond motifs is 2. The number of nitrogens with one attached hydrogen (secondary N) is 2. The molecular formula is C20H16N2O5. The second-order valence-corrected chi connectivity index (χ2v) is 6.47. The number of hydrogen-bond donors (Lipinski definition) is 3. The zero-order valence-corrected chi connectivity index (χ0v) is 14.2. The van der Waals surface area contributed by atoms with Crippen LogP contribution >= 0.6 is 0 Å². The molecule has 1 aromatic heterocycles. The smallest absolute Gasteiger partial charge is 0.352 e. The molecular weight excluding hydrogens is 348 g/mol. The summed E-state index contributed by atoms with van der Waals surface area (Å²) in [6.07, 6.45) is 1.98. The Balaban J connectivity index is 1.40. The average Bonchev–Trinajstić information content (AvgIpc) is 3.24. The van der Waals surface area contributed by atoms with E-state index in [2.05, 4.69) is 10.3 Å². The highest BCUT2D eigenvalue weighted by molar-refractivity contribution is 5.94. The van der Waals surface area contributed by atoms with Crippen LogP contribution in [0.4, 0.5) is 5.69 Å². The molecule has 1 saturated carbocycles. The lowest BCUT2D eigenvalue weighted by Gasteiger charge is -2.13. The molecule has 3 N–H and O–H groups in total. The van der Waals surface area contributed by atoms with Gasteiger partial charge in [0.25, 0.3) is 0 Å². The van der Waals surface area contributed by atoms with E-state index in [-0.39, 0.29) is 12.5 Å². The van der Waals surface area contributed by atoms with Crippen molar-refractivity contribution in [1.29, 1.82) is 0 Å². The van der Waals surface area contributed by atoms with Crippen LogP contribution in [0.2, 0.25) is 0 Å². The van der Waals surface area contributed by atoms with Crippen molar-refractivity contribution in [2.45, 2.75) is 12.8 Å². The SMILES string of the molecule is O=C(O)c1cc2cc(NC(Oc3ccc4c(c3)OCO4)=C3CC3)ccc2[nH]1. The lowest BCUT2D eigenvalue weighted by atomic mass is 10.2. The Morgan fingerprint density at radius 2 is 1.93 bits per heavy atom. The van der Waals surface area contributed by atoms with E-state index in [0.29, 0.717) is 23.1 Å². The maximum absolute atomic E-state index is 11.1. The lowest BCUT2D eigenvalue weighted by molar-refractivity contribution is 0.0691. The molecule has 0 bridgehead atoms. The van der Waals surface area contributed by atoms with Crippen molar-refractivity contribution < 1.29 is 24.1 Å². The minimum atomic E-state index is -0.979. The van der Waals surface area contributed by atoms with Crippen molar-refractivity contribution in [2.75, 3.05) is 12.1 Å². The summed E-state index contributed by atoms with van der Waals surface area (Å²) < 4.78 is 16.8. The topological polar surface area (TPSA) is 92.8 Å². The van der Waals surface area contributed by atoms with Gasteiger partial charge in [-0.3, -0.25) is 0 Å². The van der Waals surface area contributed by atoms with Crippen molar-refractivity contribution in [1.82, 2.24) is 4.98 Å². The van der Waals surface area contributed by atoms with Crippen LogP contribution in [0.15, 0.2) is 53.9 Å². The van der Waals surface area contributed by atoms with Gasteiger partial charge in [-0.2, -0.15) is 0 Å². The third kappa shape index (κ3) is 3.03. The van der Waals surface area contributed by atoms with Crippen LogP contribution in [0.5, 0.6) is 17.2 Å². The first-order chi connectivity index (χ1) is 13.2. The Hall–Kier alpha value is -3.61. The number of ether oxygens (including phenoxy) is 3. The minimum absolute atomic E-state index is 0.166. The molecule has 1 aliphatic heterocycles. The maximum Gasteiger partial charge on any atom is 0.352 e. The predicted octanol–water partition coefficient (Wildman–Crippen LogP) is 4.09. The second-order valence-electron chi connectivity index (χ2n) is 6.47. The Kier molecular flexibility index (Phi) is 3.46. The van der Waals surface area contributed by atoms with Crippen LogP contribution in [-0.4, -0.2) is 22.9 Å². The van der Waals surface area contributed by atoms with Crippen LogP contribution in [0.1, 0.15) is 23.3 Å². The highest BCUT2D eigenvalue weighted by Gasteiger charge is 2.22. The molecule has 0 amide bonds. The van der Waals surface area contributed by atoms with E-state index in [9.17, 15) is 4.79 Å². The highest BCUT2D eigenvalue weighted by Crippen LogP contribution is 2.38. The fraction of sp³-hybridized carbons (Fsp3) is 0.150. The summed E-state index contributed by atoms with van der Waals surface area (Å²) in [6.45, 7) is 0.222. The number of carboxylic acid groups (broad SMARTS) is 1. The van der Waals surface area contributed by atoms with Gasteiger partial charge < -0.3 is 29.6 Å². The Morgan fingerprint density at radius 3 is 2.74 bits per heavy atom. The monoisotopic (exact) mass is 364 g/mol. The van der Waals surface area contributed by atoms with E-state index in [0.717, 1.165) is 29.4 Å². The van der Waals surface area contributed by atoms with E-state index in [1.807, 2.05) is 30.3 Å². The summed E-state index contributed by atoms with van der Waals surface area (Å²) in [5.74, 6) is 1.76. The predicted molar refractivity (Wildman–Crippen MR) is 98.3 cm³/mol. The first kappa shape index (κ1) is 15.6. The quantitative estimate of drug-likeness (QED) is 0.591. The Labute approximate surface area is 154 Å². The van der Waals surface area contributed by atoms with Crippen LogP contribution in [-0.2, 0) is 0 Å². The first-order valence-corrected chi connectivity index (χ1v) is 8.58. The van der Waals surface area contributed by atoms with Crippen molar-refractivity contribution in [3.63, 3.8) is 0 Å². The number of aromatic nitrogens is 1. The molecule has 27 heavy (non-hydrogen) atoms. The molecule has 7 heteroatoms. The second kappa shape index (κ2) is 5.98. The number of carbonyl (C=O) groups is 1. The van der Waals surface area contributed by atoms with Gasteiger partial charge in [-0.1, -0.05) is 0 Å². The van der Waals surface area contributed by atoms with Crippen LogP contribution in [0.3, 0.4) is 0 Å². The molecule has 1 aliphatic carbocycles. The molecule has 0 saturated heterocycles. The molecule has 2 heterocycles. The van der Waals surface area contributed by atoms with Gasteiger partial charge >= 0.3 is 5.97 Å². The van der Waals surface area contributed by atoms with E-state index < -0.39 is 5.97 Å². The molecule has 3 aromatic rings. The highest BCUT2D eigenvalue weighted by atomic mass is 16.7. The minimum Gasteiger partial charge on any atom is -0.477 e. The molecule has 1 fully saturated rings. The standard InChI is InChI=1S/C20H16N2O5/c23-20(24)16-8-12-7-13(3-5-15(12)22-16)21-19(11-1-2-11)27-14-4-6-17-18(9-14)26-10-25-17/h3-9,21-22H,1-2,10H2,(H,23,24). The van der Waals surface area contributed by atoms with Gasteiger partial charge in [0.2, 0.25) is 6.79 Å². The number of benzene rings is 2. The van der Waals surface area contributed by atoms with E-state index in [4.69, 9.17) is 19.3 Å². The summed E-state index contributed by atoms with van der Waals surface area (Å²) in [4.78, 5) is 14.0. The number of carboxylic acids is 1. The fourth-order valence-electron chi connectivity index (χ4n) is 2.99. The number of rotatable bonds is 5. The number of aromatic carboxylic acids is 1. The van der Waals surface area contributed by atoms with Crippen LogP contribution in [0, 0.1) is 0 Å². The molecule has 2 aliphatic rings. The van der Waals surface area contributed by atoms with Gasteiger partial charge in [0.1, 0.15) is 11.4 Å². The first-order valence-electron chi connectivity index (χ1n) is 8.58. The fourth-order valence-corrected chi connectivity index (χ4v) is 2.99. The lowest BCUT2D eigenvalue weighted by Crippen LogP contribution is -2.07. The average molecular weight is 364 g/mol. The largest absolute Gasteiger partial charge is 0.477 e. The molecule has 7 nitrogen and oxygen atoms in total. The van der Waals surface area contributed by atoms with Gasteiger partial charge in [-0.15, -0.1) is 0 Å². The molecule has 2 aromatic carbocycles.